The Bertz CT molecular complexity index is 642. The summed E-state index contributed by atoms with van der Waals surface area (Å²) in [6.45, 7) is 6.90. The number of ether oxygens (including phenoxy) is 2. The van der Waals surface area contributed by atoms with Gasteiger partial charge in [-0.1, -0.05) is 13.0 Å². The van der Waals surface area contributed by atoms with Gasteiger partial charge in [0.2, 0.25) is 12.2 Å². The number of benzene rings is 1. The summed E-state index contributed by atoms with van der Waals surface area (Å²) in [5, 5.41) is 4.95. The predicted molar refractivity (Wildman–Crippen MR) is 93.1 cm³/mol. The number of hydrogen-bond donors (Lipinski definition) is 2. The Hall–Kier alpha value is -2.45. The van der Waals surface area contributed by atoms with Crippen molar-refractivity contribution < 1.29 is 32.2 Å². The van der Waals surface area contributed by atoms with Gasteiger partial charge in [0.05, 0.1) is 5.56 Å². The van der Waals surface area contributed by atoms with Crippen molar-refractivity contribution in [3.63, 3.8) is 0 Å². The van der Waals surface area contributed by atoms with Gasteiger partial charge < -0.3 is 20.1 Å². The molecule has 0 aliphatic heterocycles. The lowest BCUT2D eigenvalue weighted by molar-refractivity contribution is -0.137. The molecule has 0 heterocycles. The Morgan fingerprint density at radius 1 is 1.19 bits per heavy atom. The zero-order valence-corrected chi connectivity index (χ0v) is 15.8. The van der Waals surface area contributed by atoms with Crippen LogP contribution in [0.2, 0.25) is 0 Å². The van der Waals surface area contributed by atoms with Crippen LogP contribution in [0.4, 0.5) is 18.0 Å². The topological polar surface area (TPSA) is 76.7 Å². The first kappa shape index (κ1) is 22.6. The number of carbonyl (C=O) groups is 2. The number of halogens is 3. The quantitative estimate of drug-likeness (QED) is 0.694. The predicted octanol–water partition coefficient (Wildman–Crippen LogP) is 3.85. The Balaban J connectivity index is 2.63. The van der Waals surface area contributed by atoms with Crippen LogP contribution >= 0.6 is 0 Å². The molecule has 0 saturated heterocycles. The van der Waals surface area contributed by atoms with Gasteiger partial charge in [-0.15, -0.1) is 0 Å². The maximum atomic E-state index is 12.8. The second-order valence-corrected chi connectivity index (χ2v) is 6.92. The van der Waals surface area contributed by atoms with Crippen LogP contribution in [0.25, 0.3) is 0 Å². The van der Waals surface area contributed by atoms with Gasteiger partial charge in [-0.3, -0.25) is 4.79 Å². The Morgan fingerprint density at radius 3 is 2.41 bits per heavy atom. The molecule has 1 aromatic carbocycles. The van der Waals surface area contributed by atoms with Crippen molar-refractivity contribution in [1.29, 1.82) is 0 Å². The Kier molecular flexibility index (Phi) is 7.93. The van der Waals surface area contributed by atoms with E-state index in [1.807, 2.05) is 0 Å². The van der Waals surface area contributed by atoms with Crippen LogP contribution in [0.1, 0.15) is 46.1 Å². The molecule has 27 heavy (non-hydrogen) atoms. The summed E-state index contributed by atoms with van der Waals surface area (Å²) in [6.07, 6.45) is -5.63. The smallest absolute Gasteiger partial charge is 0.416 e. The first-order valence-electron chi connectivity index (χ1n) is 8.50. The van der Waals surface area contributed by atoms with Gasteiger partial charge >= 0.3 is 12.3 Å². The van der Waals surface area contributed by atoms with E-state index >= 15 is 0 Å². The van der Waals surface area contributed by atoms with Crippen LogP contribution in [-0.2, 0) is 15.7 Å². The molecule has 0 aliphatic carbocycles. The third-order valence-corrected chi connectivity index (χ3v) is 3.10. The molecule has 0 aliphatic rings. The lowest BCUT2D eigenvalue weighted by Crippen LogP contribution is -2.46. The maximum Gasteiger partial charge on any atom is 0.416 e. The molecule has 0 bridgehead atoms. The van der Waals surface area contributed by atoms with E-state index in [0.29, 0.717) is 6.42 Å². The van der Waals surface area contributed by atoms with Gasteiger partial charge in [0.15, 0.2) is 0 Å². The highest BCUT2D eigenvalue weighted by atomic mass is 19.4. The van der Waals surface area contributed by atoms with Crippen molar-refractivity contribution in [3.05, 3.63) is 29.8 Å². The third kappa shape index (κ3) is 9.16. The standard InChI is InChI=1S/C18H25F3N2O4/c1-5-7-15(26-13-9-6-8-12(10-13)18(19,20)21)27-16(25)22-11-14(24)23-17(2,3)4/h6,8-10,15H,5,7,11H2,1-4H3,(H,22,25)(H,23,24). The summed E-state index contributed by atoms with van der Waals surface area (Å²) in [4.78, 5) is 23.5. The lowest BCUT2D eigenvalue weighted by Gasteiger charge is -2.22. The molecule has 1 atom stereocenters. The highest BCUT2D eigenvalue weighted by Crippen LogP contribution is 2.31. The van der Waals surface area contributed by atoms with Gasteiger partial charge in [-0.25, -0.2) is 4.79 Å². The summed E-state index contributed by atoms with van der Waals surface area (Å²) < 4.78 is 48.7. The molecule has 0 aromatic heterocycles. The van der Waals surface area contributed by atoms with E-state index in [-0.39, 0.29) is 18.7 Å². The van der Waals surface area contributed by atoms with E-state index in [1.165, 1.54) is 12.1 Å². The van der Waals surface area contributed by atoms with E-state index in [4.69, 9.17) is 9.47 Å². The van der Waals surface area contributed by atoms with Crippen molar-refractivity contribution in [1.82, 2.24) is 10.6 Å². The molecule has 152 valence electrons. The molecule has 0 saturated carbocycles. The van der Waals surface area contributed by atoms with E-state index in [0.717, 1.165) is 12.1 Å². The number of hydrogen-bond acceptors (Lipinski definition) is 4. The highest BCUT2D eigenvalue weighted by Gasteiger charge is 2.31. The molecular weight excluding hydrogens is 365 g/mol. The zero-order valence-electron chi connectivity index (χ0n) is 15.8. The second kappa shape index (κ2) is 9.48. The SMILES string of the molecule is CCCC(OC(=O)NCC(=O)NC(C)(C)C)Oc1cccc(C(F)(F)F)c1. The average molecular weight is 390 g/mol. The van der Waals surface area contributed by atoms with E-state index in [1.54, 1.807) is 27.7 Å². The minimum atomic E-state index is -4.50. The number of amides is 2. The van der Waals surface area contributed by atoms with Crippen molar-refractivity contribution in [2.75, 3.05) is 6.54 Å². The van der Waals surface area contributed by atoms with Crippen LogP contribution in [0, 0.1) is 0 Å². The number of rotatable bonds is 7. The molecule has 2 amide bonds. The highest BCUT2D eigenvalue weighted by molar-refractivity contribution is 5.82. The first-order valence-corrected chi connectivity index (χ1v) is 8.50. The monoisotopic (exact) mass is 390 g/mol. The Labute approximate surface area is 156 Å². The van der Waals surface area contributed by atoms with Gasteiger partial charge in [0, 0.05) is 12.0 Å². The van der Waals surface area contributed by atoms with E-state index in [2.05, 4.69) is 10.6 Å². The summed E-state index contributed by atoms with van der Waals surface area (Å²) in [5.41, 5.74) is -1.31. The van der Waals surface area contributed by atoms with Crippen LogP contribution in [0.3, 0.4) is 0 Å². The fourth-order valence-electron chi connectivity index (χ4n) is 2.05. The van der Waals surface area contributed by atoms with Crippen molar-refractivity contribution >= 4 is 12.0 Å². The summed E-state index contributed by atoms with van der Waals surface area (Å²) >= 11 is 0. The van der Waals surface area contributed by atoms with Crippen LogP contribution in [-0.4, -0.2) is 30.4 Å². The fraction of sp³-hybridized carbons (Fsp3) is 0.556. The normalized spacial score (nSPS) is 12.9. The molecule has 0 radical (unpaired) electrons. The number of alkyl halides is 3. The minimum absolute atomic E-state index is 0.0680. The maximum absolute atomic E-state index is 12.8. The van der Waals surface area contributed by atoms with Crippen LogP contribution in [0.5, 0.6) is 5.75 Å². The number of carbonyl (C=O) groups excluding carboxylic acids is 2. The minimum Gasteiger partial charge on any atom is -0.455 e. The van der Waals surface area contributed by atoms with Crippen molar-refractivity contribution in [2.45, 2.75) is 58.5 Å². The molecule has 0 fully saturated rings. The van der Waals surface area contributed by atoms with Crippen LogP contribution < -0.4 is 15.4 Å². The zero-order chi connectivity index (χ0) is 20.7. The van der Waals surface area contributed by atoms with Gasteiger partial charge in [-0.05, 0) is 45.4 Å². The number of alkyl carbamates (subject to hydrolysis) is 1. The molecule has 6 nitrogen and oxygen atoms in total. The summed E-state index contributed by atoms with van der Waals surface area (Å²) in [6, 6.07) is 4.30. The molecule has 1 aromatic rings. The first-order chi connectivity index (χ1) is 12.4. The molecule has 1 rings (SSSR count). The molecule has 9 heteroatoms. The van der Waals surface area contributed by atoms with E-state index < -0.39 is 35.6 Å². The number of nitrogens with one attached hydrogen (secondary N) is 2. The van der Waals surface area contributed by atoms with E-state index in [9.17, 15) is 22.8 Å². The molecule has 2 N–H and O–H groups in total. The largest absolute Gasteiger partial charge is 0.455 e. The van der Waals surface area contributed by atoms with Crippen molar-refractivity contribution in [3.8, 4) is 5.75 Å². The lowest BCUT2D eigenvalue weighted by atomic mass is 10.1. The molecule has 1 unspecified atom stereocenters. The summed E-state index contributed by atoms with van der Waals surface area (Å²) in [7, 11) is 0. The van der Waals surface area contributed by atoms with Gasteiger partial charge in [0.25, 0.3) is 0 Å². The van der Waals surface area contributed by atoms with Crippen LogP contribution in [0.15, 0.2) is 24.3 Å². The van der Waals surface area contributed by atoms with Crippen molar-refractivity contribution in [2.24, 2.45) is 0 Å². The third-order valence-electron chi connectivity index (χ3n) is 3.10. The average Bonchev–Trinajstić information content (AvgIpc) is 2.51. The van der Waals surface area contributed by atoms with Gasteiger partial charge in [-0.2, -0.15) is 13.2 Å². The molecule has 0 spiro atoms. The van der Waals surface area contributed by atoms with Gasteiger partial charge in [0.1, 0.15) is 12.3 Å². The second-order valence-electron chi connectivity index (χ2n) is 6.92. The Morgan fingerprint density at radius 2 is 1.85 bits per heavy atom. The summed E-state index contributed by atoms with van der Waals surface area (Å²) in [5.74, 6) is -0.466. The fourth-order valence-corrected chi connectivity index (χ4v) is 2.05. The molecular formula is C18H25F3N2O4.